The predicted molar refractivity (Wildman–Crippen MR) is 86.6 cm³/mol. The summed E-state index contributed by atoms with van der Waals surface area (Å²) in [6, 6.07) is 8.33. The smallest absolute Gasteiger partial charge is 0.325 e. The van der Waals surface area contributed by atoms with Gasteiger partial charge in [0, 0.05) is 7.05 Å². The van der Waals surface area contributed by atoms with Crippen molar-refractivity contribution in [3.8, 4) is 0 Å². The number of aromatic nitrogens is 2. The Hall–Kier alpha value is -1.56. The number of carbonyl (C=O) groups excluding carboxylic acids is 1. The fourth-order valence-electron chi connectivity index (χ4n) is 1.63. The van der Waals surface area contributed by atoms with Crippen LogP contribution in [0.3, 0.4) is 0 Å². The summed E-state index contributed by atoms with van der Waals surface area (Å²) in [5.41, 5.74) is 0.761. The molecule has 116 valence electrons. The highest BCUT2D eigenvalue weighted by Crippen LogP contribution is 2.22. The van der Waals surface area contributed by atoms with Gasteiger partial charge in [-0.1, -0.05) is 40.9 Å². The van der Waals surface area contributed by atoms with Crippen molar-refractivity contribution in [2.45, 2.75) is 6.61 Å². The van der Waals surface area contributed by atoms with Crippen LogP contribution in [0.5, 0.6) is 0 Å². The summed E-state index contributed by atoms with van der Waals surface area (Å²) >= 11 is 17.4. The van der Waals surface area contributed by atoms with Crippen molar-refractivity contribution in [2.75, 3.05) is 18.5 Å². The van der Waals surface area contributed by atoms with Crippen LogP contribution in [0.4, 0.5) is 5.82 Å². The molecule has 0 bridgehead atoms. The molecule has 0 aliphatic rings. The minimum atomic E-state index is -0.398. The van der Waals surface area contributed by atoms with E-state index in [1.165, 1.54) is 0 Å². The van der Waals surface area contributed by atoms with Gasteiger partial charge < -0.3 is 9.64 Å². The minimum Gasteiger partial charge on any atom is -0.459 e. The number of hydrogen-bond acceptors (Lipinski definition) is 5. The zero-order chi connectivity index (χ0) is 16.1. The monoisotopic (exact) mass is 359 g/mol. The topological polar surface area (TPSA) is 55.3 Å². The first-order valence-corrected chi connectivity index (χ1v) is 7.39. The second-order valence-corrected chi connectivity index (χ2v) is 5.68. The molecule has 5 nitrogen and oxygen atoms in total. The average molecular weight is 361 g/mol. The first kappa shape index (κ1) is 16.8. The van der Waals surface area contributed by atoms with E-state index in [1.54, 1.807) is 42.3 Å². The average Bonchev–Trinajstić information content (AvgIpc) is 2.49. The van der Waals surface area contributed by atoms with Crippen LogP contribution in [0.15, 0.2) is 30.3 Å². The number of anilines is 1. The van der Waals surface area contributed by atoms with Crippen LogP contribution in [0.1, 0.15) is 5.56 Å². The van der Waals surface area contributed by atoms with Crippen LogP contribution in [0.25, 0.3) is 0 Å². The molecule has 22 heavy (non-hydrogen) atoms. The lowest BCUT2D eigenvalue weighted by molar-refractivity contribution is -0.143. The van der Waals surface area contributed by atoms with Crippen LogP contribution in [0.2, 0.25) is 15.2 Å². The number of halogens is 3. The van der Waals surface area contributed by atoms with Gasteiger partial charge in [-0.2, -0.15) is 0 Å². The van der Waals surface area contributed by atoms with Crippen molar-refractivity contribution in [2.24, 2.45) is 0 Å². The highest BCUT2D eigenvalue weighted by atomic mass is 35.5. The molecule has 0 radical (unpaired) electrons. The van der Waals surface area contributed by atoms with Crippen molar-refractivity contribution in [1.82, 2.24) is 10.2 Å². The van der Waals surface area contributed by atoms with E-state index in [4.69, 9.17) is 39.5 Å². The highest BCUT2D eigenvalue weighted by Gasteiger charge is 2.11. The molecule has 0 aliphatic heterocycles. The second-order valence-electron chi connectivity index (χ2n) is 4.48. The van der Waals surface area contributed by atoms with E-state index in [0.717, 1.165) is 5.56 Å². The maximum absolute atomic E-state index is 11.8. The van der Waals surface area contributed by atoms with Crippen molar-refractivity contribution in [1.29, 1.82) is 0 Å². The molecule has 0 amide bonds. The predicted octanol–water partition coefficient (Wildman–Crippen LogP) is 3.62. The van der Waals surface area contributed by atoms with Gasteiger partial charge in [-0.3, -0.25) is 4.79 Å². The Morgan fingerprint density at radius 2 is 1.91 bits per heavy atom. The Balaban J connectivity index is 1.87. The molecule has 2 rings (SSSR count). The molecule has 0 unspecified atom stereocenters. The van der Waals surface area contributed by atoms with Gasteiger partial charge in [0.25, 0.3) is 0 Å². The second kappa shape index (κ2) is 7.63. The molecule has 0 atom stereocenters. The number of carbonyl (C=O) groups is 1. The number of ether oxygens (including phenoxy) is 1. The van der Waals surface area contributed by atoms with Gasteiger partial charge in [0.2, 0.25) is 0 Å². The van der Waals surface area contributed by atoms with E-state index in [2.05, 4.69) is 10.2 Å². The molecular formula is C14H12Cl3N3O2. The van der Waals surface area contributed by atoms with Gasteiger partial charge in [0.05, 0.1) is 10.0 Å². The largest absolute Gasteiger partial charge is 0.459 e. The molecule has 0 fully saturated rings. The van der Waals surface area contributed by atoms with E-state index in [1.807, 2.05) is 0 Å². The number of likely N-dealkylation sites (N-methyl/N-ethyl adjacent to an activating group) is 1. The molecule has 0 N–H and O–H groups in total. The minimum absolute atomic E-state index is 0.0393. The van der Waals surface area contributed by atoms with Crippen LogP contribution in [-0.4, -0.2) is 29.8 Å². The van der Waals surface area contributed by atoms with Gasteiger partial charge in [0.1, 0.15) is 13.2 Å². The molecule has 0 spiro atoms. The fraction of sp³-hybridized carbons (Fsp3) is 0.214. The molecule has 8 heteroatoms. The van der Waals surface area contributed by atoms with Crippen molar-refractivity contribution < 1.29 is 9.53 Å². The van der Waals surface area contributed by atoms with Crippen LogP contribution in [-0.2, 0) is 16.1 Å². The maximum Gasteiger partial charge on any atom is 0.325 e. The summed E-state index contributed by atoms with van der Waals surface area (Å²) in [4.78, 5) is 13.4. The molecular weight excluding hydrogens is 349 g/mol. The van der Waals surface area contributed by atoms with Crippen molar-refractivity contribution >= 4 is 46.6 Å². The van der Waals surface area contributed by atoms with Gasteiger partial charge in [-0.05, 0) is 29.8 Å². The maximum atomic E-state index is 11.8. The number of rotatable bonds is 5. The lowest BCUT2D eigenvalue weighted by Crippen LogP contribution is -2.27. The molecule has 1 aromatic carbocycles. The molecule has 1 heterocycles. The third kappa shape index (κ3) is 4.73. The number of nitrogens with zero attached hydrogens (tertiary/aromatic N) is 3. The van der Waals surface area contributed by atoms with E-state index < -0.39 is 5.97 Å². The third-order valence-electron chi connectivity index (χ3n) is 2.76. The fourth-order valence-corrected chi connectivity index (χ4v) is 2.05. The molecule has 0 saturated carbocycles. The lowest BCUT2D eigenvalue weighted by atomic mass is 10.2. The summed E-state index contributed by atoms with van der Waals surface area (Å²) in [6.07, 6.45) is 0. The lowest BCUT2D eigenvalue weighted by Gasteiger charge is -2.16. The van der Waals surface area contributed by atoms with Crippen molar-refractivity contribution in [3.05, 3.63) is 51.1 Å². The Kier molecular flexibility index (Phi) is 5.83. The molecule has 1 aromatic heterocycles. The Bertz CT molecular complexity index is 665. The zero-order valence-electron chi connectivity index (χ0n) is 11.6. The quantitative estimate of drug-likeness (QED) is 0.762. The van der Waals surface area contributed by atoms with Gasteiger partial charge in [0.15, 0.2) is 11.0 Å². The number of esters is 1. The Morgan fingerprint density at radius 3 is 2.55 bits per heavy atom. The highest BCUT2D eigenvalue weighted by molar-refractivity contribution is 6.42. The third-order valence-corrected chi connectivity index (χ3v) is 3.70. The van der Waals surface area contributed by atoms with Gasteiger partial charge in [-0.15, -0.1) is 10.2 Å². The van der Waals surface area contributed by atoms with E-state index >= 15 is 0 Å². The Labute approximate surface area is 142 Å². The summed E-state index contributed by atoms with van der Waals surface area (Å²) in [6.45, 7) is 0.160. The summed E-state index contributed by atoms with van der Waals surface area (Å²) in [7, 11) is 1.71. The SMILES string of the molecule is CN(CC(=O)OCc1ccc(Cl)c(Cl)c1)c1ccc(Cl)nn1. The van der Waals surface area contributed by atoms with Crippen LogP contribution in [0, 0.1) is 0 Å². The van der Waals surface area contributed by atoms with Crippen LogP contribution < -0.4 is 4.90 Å². The summed E-state index contributed by atoms with van der Waals surface area (Å²) < 4.78 is 5.18. The zero-order valence-corrected chi connectivity index (χ0v) is 13.9. The van der Waals surface area contributed by atoms with Gasteiger partial charge >= 0.3 is 5.97 Å². The van der Waals surface area contributed by atoms with E-state index in [9.17, 15) is 4.79 Å². The molecule has 0 saturated heterocycles. The summed E-state index contributed by atoms with van der Waals surface area (Å²) in [5.74, 6) is 0.126. The number of hydrogen-bond donors (Lipinski definition) is 0. The number of benzene rings is 1. The van der Waals surface area contributed by atoms with Crippen molar-refractivity contribution in [3.63, 3.8) is 0 Å². The normalized spacial score (nSPS) is 10.4. The molecule has 0 aliphatic carbocycles. The first-order chi connectivity index (χ1) is 10.5. The van der Waals surface area contributed by atoms with Gasteiger partial charge in [-0.25, -0.2) is 0 Å². The first-order valence-electron chi connectivity index (χ1n) is 6.25. The van der Waals surface area contributed by atoms with Crippen LogP contribution >= 0.6 is 34.8 Å². The standard InChI is InChI=1S/C14H12Cl3N3O2/c1-20(13-5-4-12(17)18-19-13)7-14(21)22-8-9-2-3-10(15)11(16)6-9/h2-6H,7-8H2,1H3. The van der Waals surface area contributed by atoms with E-state index in [0.29, 0.717) is 21.0 Å². The van der Waals surface area contributed by atoms with E-state index in [-0.39, 0.29) is 13.2 Å². The summed E-state index contributed by atoms with van der Waals surface area (Å²) in [5, 5.41) is 8.76. The Morgan fingerprint density at radius 1 is 1.14 bits per heavy atom. The molecule has 2 aromatic rings.